The van der Waals surface area contributed by atoms with Crippen LogP contribution >= 0.6 is 23.2 Å². The molecule has 0 bridgehead atoms. The van der Waals surface area contributed by atoms with E-state index in [9.17, 15) is 14.7 Å². The van der Waals surface area contributed by atoms with Crippen LogP contribution in [0.1, 0.15) is 48.9 Å². The molecule has 1 aliphatic rings. The van der Waals surface area contributed by atoms with Crippen LogP contribution in [-0.4, -0.2) is 60.9 Å². The number of aliphatic hydroxyl groups is 1. The van der Waals surface area contributed by atoms with E-state index in [1.165, 1.54) is 24.1 Å². The highest BCUT2D eigenvalue weighted by molar-refractivity contribution is 6.46. The Morgan fingerprint density at radius 2 is 1.79 bits per heavy atom. The van der Waals surface area contributed by atoms with Gasteiger partial charge < -0.3 is 19.6 Å². The number of benzene rings is 2. The maximum Gasteiger partial charge on any atom is 0.295 e. The molecule has 1 N–H and O–H groups in total. The summed E-state index contributed by atoms with van der Waals surface area (Å²) in [5.41, 5.74) is 2.03. The number of carbonyl (C=O) groups excluding carboxylic acids is 2. The summed E-state index contributed by atoms with van der Waals surface area (Å²) in [6.45, 7) is 5.30. The van der Waals surface area contributed by atoms with Crippen molar-refractivity contribution in [1.82, 2.24) is 9.80 Å². The second-order valence-electron chi connectivity index (χ2n) is 8.94. The molecule has 1 unspecified atom stereocenters. The molecule has 0 aliphatic carbocycles. The zero-order valence-electron chi connectivity index (χ0n) is 20.1. The molecular weight excluding hydrogens is 475 g/mol. The normalized spacial score (nSPS) is 17.8. The molecule has 1 amide bonds. The molecule has 1 heterocycles. The average molecular weight is 505 g/mol. The number of amides is 1. The van der Waals surface area contributed by atoms with Crippen LogP contribution in [0, 0.1) is 0 Å². The van der Waals surface area contributed by atoms with Crippen molar-refractivity contribution in [2.75, 3.05) is 34.3 Å². The summed E-state index contributed by atoms with van der Waals surface area (Å²) in [6, 6.07) is 9.99. The van der Waals surface area contributed by atoms with Crippen molar-refractivity contribution in [3.05, 3.63) is 68.7 Å². The van der Waals surface area contributed by atoms with E-state index in [0.29, 0.717) is 18.9 Å². The Kier molecular flexibility index (Phi) is 8.29. The fraction of sp³-hybridized carbons (Fsp3) is 0.385. The average Bonchev–Trinajstić information content (AvgIpc) is 3.03. The van der Waals surface area contributed by atoms with Gasteiger partial charge in [0.2, 0.25) is 0 Å². The highest BCUT2D eigenvalue weighted by Gasteiger charge is 2.46. The van der Waals surface area contributed by atoms with Gasteiger partial charge in [-0.3, -0.25) is 9.59 Å². The van der Waals surface area contributed by atoms with Gasteiger partial charge in [0.15, 0.2) is 0 Å². The number of rotatable bonds is 8. The van der Waals surface area contributed by atoms with Gasteiger partial charge in [0.1, 0.15) is 11.5 Å². The fourth-order valence-electron chi connectivity index (χ4n) is 4.17. The van der Waals surface area contributed by atoms with E-state index in [1.807, 2.05) is 43.3 Å². The number of carbonyl (C=O) groups is 2. The van der Waals surface area contributed by atoms with Crippen molar-refractivity contribution < 1.29 is 19.4 Å². The summed E-state index contributed by atoms with van der Waals surface area (Å²) in [5.74, 6) is -1.26. The molecule has 34 heavy (non-hydrogen) atoms. The van der Waals surface area contributed by atoms with Crippen molar-refractivity contribution in [3.63, 3.8) is 0 Å². The molecular formula is C26H30Cl2N2O4. The fourth-order valence-corrected chi connectivity index (χ4v) is 4.74. The Balaban J connectivity index is 2.19. The summed E-state index contributed by atoms with van der Waals surface area (Å²) in [7, 11) is 5.31. The summed E-state index contributed by atoms with van der Waals surface area (Å²) < 4.78 is 5.37. The lowest BCUT2D eigenvalue weighted by molar-refractivity contribution is -0.139. The molecule has 1 saturated heterocycles. The number of halogens is 2. The third kappa shape index (κ3) is 5.24. The van der Waals surface area contributed by atoms with E-state index < -0.39 is 17.7 Å². The first-order valence-corrected chi connectivity index (χ1v) is 11.9. The zero-order valence-corrected chi connectivity index (χ0v) is 21.6. The molecule has 0 saturated carbocycles. The molecule has 0 aromatic heterocycles. The first-order valence-electron chi connectivity index (χ1n) is 11.1. The molecule has 0 radical (unpaired) electrons. The van der Waals surface area contributed by atoms with Gasteiger partial charge in [-0.2, -0.15) is 0 Å². The zero-order chi connectivity index (χ0) is 25.2. The molecule has 3 rings (SSSR count). The van der Waals surface area contributed by atoms with Crippen molar-refractivity contribution in [2.24, 2.45) is 0 Å². The second kappa shape index (κ2) is 10.8. The second-order valence-corrected chi connectivity index (χ2v) is 9.78. The minimum absolute atomic E-state index is 0.0104. The molecule has 182 valence electrons. The molecule has 2 aromatic carbocycles. The minimum atomic E-state index is -0.751. The predicted molar refractivity (Wildman–Crippen MR) is 136 cm³/mol. The minimum Gasteiger partial charge on any atom is -0.507 e. The van der Waals surface area contributed by atoms with Gasteiger partial charge in [-0.1, -0.05) is 61.3 Å². The van der Waals surface area contributed by atoms with E-state index in [1.54, 1.807) is 0 Å². The van der Waals surface area contributed by atoms with Crippen molar-refractivity contribution in [1.29, 1.82) is 0 Å². The molecule has 2 aromatic rings. The van der Waals surface area contributed by atoms with Gasteiger partial charge in [-0.25, -0.2) is 0 Å². The monoisotopic (exact) mass is 504 g/mol. The van der Waals surface area contributed by atoms with Crippen LogP contribution < -0.4 is 4.74 Å². The van der Waals surface area contributed by atoms with Gasteiger partial charge in [0, 0.05) is 11.6 Å². The van der Waals surface area contributed by atoms with Gasteiger partial charge in [-0.05, 0) is 56.2 Å². The van der Waals surface area contributed by atoms with Crippen molar-refractivity contribution >= 4 is 40.7 Å². The summed E-state index contributed by atoms with van der Waals surface area (Å²) in [4.78, 5) is 29.9. The van der Waals surface area contributed by atoms with Crippen LogP contribution in [0.5, 0.6) is 5.75 Å². The van der Waals surface area contributed by atoms with Crippen LogP contribution in [0.15, 0.2) is 42.0 Å². The van der Waals surface area contributed by atoms with Crippen molar-refractivity contribution in [3.8, 4) is 5.75 Å². The van der Waals surface area contributed by atoms with Crippen LogP contribution in [-0.2, 0) is 9.59 Å². The van der Waals surface area contributed by atoms with Crippen molar-refractivity contribution in [2.45, 2.75) is 32.2 Å². The molecule has 1 fully saturated rings. The lowest BCUT2D eigenvalue weighted by atomic mass is 9.93. The molecule has 1 atom stereocenters. The first kappa shape index (κ1) is 26.1. The quantitative estimate of drug-likeness (QED) is 0.292. The number of likely N-dealkylation sites (tertiary alicyclic amines) is 1. The molecule has 8 heteroatoms. The van der Waals surface area contributed by atoms with Crippen LogP contribution in [0.2, 0.25) is 10.0 Å². The largest absolute Gasteiger partial charge is 0.507 e. The number of ether oxygens (including phenoxy) is 1. The first-order chi connectivity index (χ1) is 16.1. The summed E-state index contributed by atoms with van der Waals surface area (Å²) in [5, 5.41) is 11.8. The van der Waals surface area contributed by atoms with E-state index in [-0.39, 0.29) is 32.7 Å². The van der Waals surface area contributed by atoms with Gasteiger partial charge in [0.25, 0.3) is 11.7 Å². The van der Waals surface area contributed by atoms with E-state index in [0.717, 1.165) is 17.7 Å². The predicted octanol–water partition coefficient (Wildman–Crippen LogP) is 5.50. The van der Waals surface area contributed by atoms with Gasteiger partial charge in [0.05, 0.1) is 29.3 Å². The smallest absolute Gasteiger partial charge is 0.295 e. The third-order valence-corrected chi connectivity index (χ3v) is 6.43. The van der Waals surface area contributed by atoms with E-state index in [2.05, 4.69) is 13.8 Å². The molecule has 1 aliphatic heterocycles. The number of ketones is 1. The number of hydrogen-bond acceptors (Lipinski definition) is 5. The maximum absolute atomic E-state index is 13.2. The molecule has 6 nitrogen and oxygen atoms in total. The number of nitrogens with zero attached hydrogens (tertiary/aromatic N) is 2. The lowest BCUT2D eigenvalue weighted by Crippen LogP contribution is -2.32. The van der Waals surface area contributed by atoms with Crippen LogP contribution in [0.25, 0.3) is 5.76 Å². The third-order valence-electron chi connectivity index (χ3n) is 5.93. The summed E-state index contributed by atoms with van der Waals surface area (Å²) >= 11 is 12.4. The van der Waals surface area contributed by atoms with Gasteiger partial charge in [-0.15, -0.1) is 0 Å². The Bertz CT molecular complexity index is 1110. The Hall–Kier alpha value is -2.54. The van der Waals surface area contributed by atoms with E-state index >= 15 is 0 Å². The lowest BCUT2D eigenvalue weighted by Gasteiger charge is -2.26. The Morgan fingerprint density at radius 1 is 1.15 bits per heavy atom. The Labute approximate surface area is 210 Å². The standard InChI is InChI=1S/C26H30Cl2N2O4/c1-15(2)16-7-9-17(10-8-16)22-21(24(32)26(33)30(22)12-6-11-29(3)4)23(31)19-13-18(27)14-20(28)25(19)34-5/h7-10,13-15,22,31H,6,11-12H2,1-5H3/b23-21+. The molecule has 0 spiro atoms. The maximum atomic E-state index is 13.2. The number of Topliss-reactive ketones (excluding diaryl/α,β-unsaturated/α-hetero) is 1. The van der Waals surface area contributed by atoms with E-state index in [4.69, 9.17) is 27.9 Å². The SMILES string of the molecule is COc1c(Cl)cc(Cl)cc1/C(O)=C1\C(=O)C(=O)N(CCCN(C)C)C1c1ccc(C(C)C)cc1. The number of aliphatic hydroxyl groups excluding tert-OH is 1. The summed E-state index contributed by atoms with van der Waals surface area (Å²) in [6.07, 6.45) is 0.674. The van der Waals surface area contributed by atoms with Gasteiger partial charge >= 0.3 is 0 Å². The highest BCUT2D eigenvalue weighted by Crippen LogP contribution is 2.43. The topological polar surface area (TPSA) is 70.1 Å². The number of methoxy groups -OCH3 is 1. The number of hydrogen-bond donors (Lipinski definition) is 1. The Morgan fingerprint density at radius 3 is 2.35 bits per heavy atom. The van der Waals surface area contributed by atoms with Crippen LogP contribution in [0.3, 0.4) is 0 Å². The highest BCUT2D eigenvalue weighted by atomic mass is 35.5. The van der Waals surface area contributed by atoms with Crippen LogP contribution in [0.4, 0.5) is 0 Å².